The summed E-state index contributed by atoms with van der Waals surface area (Å²) in [5.74, 6) is -0.985. The molecule has 5 heteroatoms. The molecule has 0 bridgehead atoms. The Kier molecular flexibility index (Phi) is 4.74. The van der Waals surface area contributed by atoms with E-state index in [1.54, 1.807) is 0 Å². The highest BCUT2D eigenvalue weighted by atomic mass is 16.4. The van der Waals surface area contributed by atoms with Crippen molar-refractivity contribution < 1.29 is 19.8 Å². The van der Waals surface area contributed by atoms with Gasteiger partial charge in [0.1, 0.15) is 0 Å². The van der Waals surface area contributed by atoms with Crippen molar-refractivity contribution in [2.75, 3.05) is 0 Å². The molecule has 0 heterocycles. The number of hydrogen-bond donors (Lipinski definition) is 3. The van der Waals surface area contributed by atoms with Crippen molar-refractivity contribution >= 4 is 11.9 Å². The lowest BCUT2D eigenvalue weighted by atomic mass is 10.1. The molecule has 2 atom stereocenters. The smallest absolute Gasteiger partial charge is 0.303 e. The minimum absolute atomic E-state index is 0.0855. The molecule has 0 saturated carbocycles. The Labute approximate surface area is 117 Å². The quantitative estimate of drug-likeness (QED) is 0.686. The number of aliphatic hydroxyl groups is 1. The van der Waals surface area contributed by atoms with Crippen LogP contribution in [0, 0.1) is 0 Å². The molecule has 1 amide bonds. The molecule has 3 N–H and O–H groups in total. The van der Waals surface area contributed by atoms with Crippen molar-refractivity contribution in [1.29, 1.82) is 0 Å². The Morgan fingerprint density at radius 3 is 2.65 bits per heavy atom. The fourth-order valence-corrected chi connectivity index (χ4v) is 2.56. The van der Waals surface area contributed by atoms with E-state index in [0.717, 1.165) is 11.1 Å². The molecule has 1 aromatic rings. The number of hydrogen-bond acceptors (Lipinski definition) is 3. The van der Waals surface area contributed by atoms with Crippen molar-refractivity contribution in [3.05, 3.63) is 35.4 Å². The first-order chi connectivity index (χ1) is 9.58. The Balaban J connectivity index is 1.84. The molecule has 108 valence electrons. The summed E-state index contributed by atoms with van der Waals surface area (Å²) in [6, 6.07) is 7.33. The van der Waals surface area contributed by atoms with Gasteiger partial charge in [0.15, 0.2) is 0 Å². The maximum Gasteiger partial charge on any atom is 0.303 e. The lowest BCUT2D eigenvalue weighted by molar-refractivity contribution is -0.137. The van der Waals surface area contributed by atoms with Gasteiger partial charge in [0, 0.05) is 19.3 Å². The van der Waals surface area contributed by atoms with Crippen LogP contribution in [0.3, 0.4) is 0 Å². The topological polar surface area (TPSA) is 86.6 Å². The zero-order valence-corrected chi connectivity index (χ0v) is 11.2. The Morgan fingerprint density at radius 1 is 1.20 bits per heavy atom. The lowest BCUT2D eigenvalue weighted by Crippen LogP contribution is -2.33. The monoisotopic (exact) mass is 277 g/mol. The van der Waals surface area contributed by atoms with Crippen molar-refractivity contribution in [3.63, 3.8) is 0 Å². The summed E-state index contributed by atoms with van der Waals surface area (Å²) in [5, 5.41) is 21.4. The molecule has 2 rings (SSSR count). The first-order valence-electron chi connectivity index (χ1n) is 6.85. The SMILES string of the molecule is O=C(O)CCCCC(=O)N[C@@H]1c2ccccc2C[C@@H]1O. The molecule has 5 nitrogen and oxygen atoms in total. The van der Waals surface area contributed by atoms with Crippen molar-refractivity contribution in [3.8, 4) is 0 Å². The summed E-state index contributed by atoms with van der Waals surface area (Å²) >= 11 is 0. The summed E-state index contributed by atoms with van der Waals surface area (Å²) < 4.78 is 0. The van der Waals surface area contributed by atoms with E-state index in [-0.39, 0.29) is 18.4 Å². The van der Waals surface area contributed by atoms with Crippen LogP contribution >= 0.6 is 0 Å². The molecule has 0 radical (unpaired) electrons. The van der Waals surface area contributed by atoms with Gasteiger partial charge in [0.25, 0.3) is 0 Å². The van der Waals surface area contributed by atoms with Crippen LogP contribution in [0.25, 0.3) is 0 Å². The average molecular weight is 277 g/mol. The second-order valence-electron chi connectivity index (χ2n) is 5.12. The number of rotatable bonds is 6. The normalized spacial score (nSPS) is 20.4. The van der Waals surface area contributed by atoms with Gasteiger partial charge in [-0.05, 0) is 24.0 Å². The Bertz CT molecular complexity index is 500. The molecule has 0 fully saturated rings. The number of amides is 1. The molecule has 1 aliphatic rings. The van der Waals surface area contributed by atoms with Crippen LogP contribution in [-0.2, 0) is 16.0 Å². The second kappa shape index (κ2) is 6.52. The number of carboxylic acid groups (broad SMARTS) is 1. The molecule has 0 spiro atoms. The minimum Gasteiger partial charge on any atom is -0.481 e. The minimum atomic E-state index is -0.842. The lowest BCUT2D eigenvalue weighted by Gasteiger charge is -2.17. The van der Waals surface area contributed by atoms with Crippen LogP contribution in [-0.4, -0.2) is 28.2 Å². The molecule has 1 aromatic carbocycles. The number of nitrogens with one attached hydrogen (secondary N) is 1. The van der Waals surface area contributed by atoms with E-state index in [0.29, 0.717) is 25.7 Å². The number of aliphatic carboxylic acids is 1. The van der Waals surface area contributed by atoms with Gasteiger partial charge in [-0.1, -0.05) is 24.3 Å². The van der Waals surface area contributed by atoms with E-state index in [1.165, 1.54) is 0 Å². The highest BCUT2D eigenvalue weighted by Gasteiger charge is 2.31. The molecular formula is C15H19NO4. The van der Waals surface area contributed by atoms with Gasteiger partial charge in [0.2, 0.25) is 5.91 Å². The number of unbranched alkanes of at least 4 members (excludes halogenated alkanes) is 1. The molecule has 20 heavy (non-hydrogen) atoms. The number of fused-ring (bicyclic) bond motifs is 1. The van der Waals surface area contributed by atoms with Crippen LogP contribution in [0.5, 0.6) is 0 Å². The molecule has 1 aliphatic carbocycles. The van der Waals surface area contributed by atoms with Crippen molar-refractivity contribution in [1.82, 2.24) is 5.32 Å². The van der Waals surface area contributed by atoms with E-state index in [2.05, 4.69) is 5.32 Å². The van der Waals surface area contributed by atoms with Gasteiger partial charge in [-0.25, -0.2) is 0 Å². The summed E-state index contributed by atoms with van der Waals surface area (Å²) in [7, 11) is 0. The number of carbonyl (C=O) groups excluding carboxylic acids is 1. The fourth-order valence-electron chi connectivity index (χ4n) is 2.56. The maximum atomic E-state index is 11.8. The third kappa shape index (κ3) is 3.57. The van der Waals surface area contributed by atoms with Crippen LogP contribution in [0.15, 0.2) is 24.3 Å². The third-order valence-corrected chi connectivity index (χ3v) is 3.56. The molecule has 0 unspecified atom stereocenters. The van der Waals surface area contributed by atoms with E-state index >= 15 is 0 Å². The van der Waals surface area contributed by atoms with Gasteiger partial charge in [-0.15, -0.1) is 0 Å². The largest absolute Gasteiger partial charge is 0.481 e. The molecular weight excluding hydrogens is 258 g/mol. The third-order valence-electron chi connectivity index (χ3n) is 3.56. The van der Waals surface area contributed by atoms with Gasteiger partial charge < -0.3 is 15.5 Å². The average Bonchev–Trinajstić information content (AvgIpc) is 2.71. The van der Waals surface area contributed by atoms with Crippen molar-refractivity contribution in [2.24, 2.45) is 0 Å². The van der Waals surface area contributed by atoms with Crippen LogP contribution in [0.1, 0.15) is 42.9 Å². The van der Waals surface area contributed by atoms with Gasteiger partial charge in [-0.2, -0.15) is 0 Å². The number of aliphatic hydroxyl groups excluding tert-OH is 1. The van der Waals surface area contributed by atoms with Crippen LogP contribution in [0.4, 0.5) is 0 Å². The predicted molar refractivity (Wildman–Crippen MR) is 73.1 cm³/mol. The van der Waals surface area contributed by atoms with Crippen LogP contribution in [0.2, 0.25) is 0 Å². The second-order valence-corrected chi connectivity index (χ2v) is 5.12. The van der Waals surface area contributed by atoms with Crippen LogP contribution < -0.4 is 5.32 Å². The first kappa shape index (κ1) is 14.5. The van der Waals surface area contributed by atoms with E-state index in [1.807, 2.05) is 24.3 Å². The van der Waals surface area contributed by atoms with E-state index in [9.17, 15) is 14.7 Å². The van der Waals surface area contributed by atoms with Gasteiger partial charge >= 0.3 is 5.97 Å². The number of benzene rings is 1. The summed E-state index contributed by atoms with van der Waals surface area (Å²) in [6.45, 7) is 0. The summed E-state index contributed by atoms with van der Waals surface area (Å²) in [5.41, 5.74) is 2.04. The van der Waals surface area contributed by atoms with E-state index < -0.39 is 12.1 Å². The Hall–Kier alpha value is -1.88. The number of carboxylic acids is 1. The van der Waals surface area contributed by atoms with Gasteiger partial charge in [-0.3, -0.25) is 9.59 Å². The summed E-state index contributed by atoms with van der Waals surface area (Å²) in [6.07, 6.45) is 1.38. The molecule has 0 saturated heterocycles. The fraction of sp³-hybridized carbons (Fsp3) is 0.467. The summed E-state index contributed by atoms with van der Waals surface area (Å²) in [4.78, 5) is 22.2. The zero-order chi connectivity index (χ0) is 14.5. The molecule has 0 aromatic heterocycles. The predicted octanol–water partition coefficient (Wildman–Crippen LogP) is 1.41. The maximum absolute atomic E-state index is 11.8. The highest BCUT2D eigenvalue weighted by Crippen LogP contribution is 2.31. The zero-order valence-electron chi connectivity index (χ0n) is 11.2. The first-order valence-corrected chi connectivity index (χ1v) is 6.85. The van der Waals surface area contributed by atoms with Gasteiger partial charge in [0.05, 0.1) is 12.1 Å². The van der Waals surface area contributed by atoms with Crippen molar-refractivity contribution in [2.45, 2.75) is 44.2 Å². The number of carbonyl (C=O) groups is 2. The Morgan fingerprint density at radius 2 is 1.90 bits per heavy atom. The highest BCUT2D eigenvalue weighted by molar-refractivity contribution is 5.76. The standard InChI is InChI=1S/C15H19NO4/c17-12-9-10-5-1-2-6-11(10)15(12)16-13(18)7-3-4-8-14(19)20/h1-2,5-6,12,15,17H,3-4,7-9H2,(H,16,18)(H,19,20)/t12-,15+/m0/s1. The molecule has 0 aliphatic heterocycles. The van der Waals surface area contributed by atoms with E-state index in [4.69, 9.17) is 5.11 Å².